The predicted molar refractivity (Wildman–Crippen MR) is 83.1 cm³/mol. The first-order valence-electron chi connectivity index (χ1n) is 7.21. The molecule has 1 aromatic carbocycles. The molecule has 0 spiro atoms. The van der Waals surface area contributed by atoms with Gasteiger partial charge in [-0.05, 0) is 31.7 Å². The minimum absolute atomic E-state index is 0.312. The van der Waals surface area contributed by atoms with Crippen molar-refractivity contribution in [3.8, 4) is 17.2 Å². The molecule has 3 unspecified atom stereocenters. The lowest BCUT2D eigenvalue weighted by molar-refractivity contribution is 0.317. The Labute approximate surface area is 131 Å². The SMILES string of the molecule is CCC(CC1OC1C)c1cc(Cl)c(OC)c(OC)c1OC. The Bertz CT molecular complexity index is 504. The molecule has 1 saturated heterocycles. The number of ether oxygens (including phenoxy) is 4. The smallest absolute Gasteiger partial charge is 0.205 e. The van der Waals surface area contributed by atoms with Crippen LogP contribution in [0, 0.1) is 0 Å². The third-order valence-electron chi connectivity index (χ3n) is 4.07. The first-order chi connectivity index (χ1) is 10.1. The maximum atomic E-state index is 6.33. The molecule has 0 aromatic heterocycles. The maximum absolute atomic E-state index is 6.33. The minimum atomic E-state index is 0.312. The second kappa shape index (κ2) is 6.75. The zero-order valence-corrected chi connectivity index (χ0v) is 14.0. The highest BCUT2D eigenvalue weighted by Crippen LogP contribution is 2.49. The number of hydrogen-bond acceptors (Lipinski definition) is 4. The Balaban J connectivity index is 2.43. The summed E-state index contributed by atoms with van der Waals surface area (Å²) in [5.41, 5.74) is 1.05. The van der Waals surface area contributed by atoms with Gasteiger partial charge in [-0.25, -0.2) is 0 Å². The quantitative estimate of drug-likeness (QED) is 0.712. The van der Waals surface area contributed by atoms with Crippen LogP contribution < -0.4 is 14.2 Å². The van der Waals surface area contributed by atoms with Gasteiger partial charge in [-0.15, -0.1) is 0 Å². The molecule has 0 saturated carbocycles. The second-order valence-corrected chi connectivity index (χ2v) is 5.68. The fourth-order valence-corrected chi connectivity index (χ4v) is 3.05. The number of halogens is 1. The highest BCUT2D eigenvalue weighted by molar-refractivity contribution is 6.32. The van der Waals surface area contributed by atoms with E-state index in [0.717, 1.165) is 18.4 Å². The lowest BCUT2D eigenvalue weighted by Crippen LogP contribution is -2.07. The summed E-state index contributed by atoms with van der Waals surface area (Å²) in [7, 11) is 4.80. The molecule has 0 radical (unpaired) electrons. The first-order valence-corrected chi connectivity index (χ1v) is 7.58. The van der Waals surface area contributed by atoms with Gasteiger partial charge in [-0.3, -0.25) is 0 Å². The van der Waals surface area contributed by atoms with Crippen LogP contribution in [0.2, 0.25) is 5.02 Å². The van der Waals surface area contributed by atoms with Crippen molar-refractivity contribution in [2.75, 3.05) is 21.3 Å². The molecule has 1 aliphatic rings. The fraction of sp³-hybridized carbons (Fsp3) is 0.625. The van der Waals surface area contributed by atoms with E-state index in [1.165, 1.54) is 0 Å². The Morgan fingerprint density at radius 2 is 1.71 bits per heavy atom. The summed E-state index contributed by atoms with van der Waals surface area (Å²) in [5, 5.41) is 0.536. The predicted octanol–water partition coefficient (Wildman–Crippen LogP) is 4.04. The maximum Gasteiger partial charge on any atom is 0.205 e. The lowest BCUT2D eigenvalue weighted by Gasteiger charge is -2.22. The van der Waals surface area contributed by atoms with Crippen molar-refractivity contribution < 1.29 is 18.9 Å². The molecule has 1 aliphatic heterocycles. The van der Waals surface area contributed by atoms with Crippen molar-refractivity contribution in [2.45, 2.75) is 44.8 Å². The van der Waals surface area contributed by atoms with Gasteiger partial charge in [0.2, 0.25) is 5.75 Å². The summed E-state index contributed by atoms with van der Waals surface area (Å²) < 4.78 is 21.9. The van der Waals surface area contributed by atoms with Crippen molar-refractivity contribution in [2.24, 2.45) is 0 Å². The molecule has 0 N–H and O–H groups in total. The van der Waals surface area contributed by atoms with Crippen molar-refractivity contribution in [1.29, 1.82) is 0 Å². The van der Waals surface area contributed by atoms with E-state index in [9.17, 15) is 0 Å². The van der Waals surface area contributed by atoms with E-state index in [1.807, 2.05) is 6.07 Å². The molecule has 1 aromatic rings. The van der Waals surface area contributed by atoms with Gasteiger partial charge < -0.3 is 18.9 Å². The summed E-state index contributed by atoms with van der Waals surface area (Å²) in [6.07, 6.45) is 2.61. The molecular weight excluding hydrogens is 292 g/mol. The van der Waals surface area contributed by atoms with E-state index in [2.05, 4.69) is 13.8 Å². The molecule has 21 heavy (non-hydrogen) atoms. The summed E-state index contributed by atoms with van der Waals surface area (Å²) in [4.78, 5) is 0. The van der Waals surface area contributed by atoms with Gasteiger partial charge in [0.05, 0.1) is 38.6 Å². The topological polar surface area (TPSA) is 40.2 Å². The van der Waals surface area contributed by atoms with Crippen LogP contribution in [-0.4, -0.2) is 33.5 Å². The number of hydrogen-bond donors (Lipinski definition) is 0. The standard InChI is InChI=1S/C16H23ClO4/c1-6-10(7-13-9(2)21-13)11-8-12(17)15(19-4)16(20-5)14(11)18-3/h8-10,13H,6-7H2,1-5H3. The average molecular weight is 315 g/mol. The summed E-state index contributed by atoms with van der Waals surface area (Å²) in [6, 6.07) is 1.92. The molecule has 5 heteroatoms. The van der Waals surface area contributed by atoms with Crippen molar-refractivity contribution in [3.05, 3.63) is 16.7 Å². The molecule has 1 heterocycles. The van der Waals surface area contributed by atoms with Crippen molar-refractivity contribution >= 4 is 11.6 Å². The Morgan fingerprint density at radius 1 is 1.14 bits per heavy atom. The van der Waals surface area contributed by atoms with Gasteiger partial charge in [-0.2, -0.15) is 0 Å². The molecule has 3 atom stereocenters. The Kier molecular flexibility index (Phi) is 5.22. The molecule has 2 rings (SSSR count). The van der Waals surface area contributed by atoms with E-state index in [4.69, 9.17) is 30.5 Å². The van der Waals surface area contributed by atoms with Crippen LogP contribution in [0.4, 0.5) is 0 Å². The minimum Gasteiger partial charge on any atom is -0.492 e. The van der Waals surface area contributed by atoms with Crippen LogP contribution in [0.1, 0.15) is 38.2 Å². The van der Waals surface area contributed by atoms with Crippen LogP contribution >= 0.6 is 11.6 Å². The van der Waals surface area contributed by atoms with Crippen LogP contribution in [-0.2, 0) is 4.74 Å². The van der Waals surface area contributed by atoms with E-state index in [0.29, 0.717) is 40.4 Å². The lowest BCUT2D eigenvalue weighted by atomic mass is 9.90. The third-order valence-corrected chi connectivity index (χ3v) is 4.35. The van der Waals surface area contributed by atoms with E-state index >= 15 is 0 Å². The molecule has 0 aliphatic carbocycles. The number of rotatable bonds is 7. The molecule has 0 amide bonds. The highest BCUT2D eigenvalue weighted by Gasteiger charge is 2.37. The van der Waals surface area contributed by atoms with Gasteiger partial charge in [0.1, 0.15) is 0 Å². The van der Waals surface area contributed by atoms with Gasteiger partial charge in [0.25, 0.3) is 0 Å². The van der Waals surface area contributed by atoms with Gasteiger partial charge in [0, 0.05) is 5.56 Å². The normalized spacial score (nSPS) is 21.8. The van der Waals surface area contributed by atoms with Crippen LogP contribution in [0.3, 0.4) is 0 Å². The van der Waals surface area contributed by atoms with Crippen LogP contribution in [0.15, 0.2) is 6.07 Å². The molecule has 1 fully saturated rings. The summed E-state index contributed by atoms with van der Waals surface area (Å²) in [6.45, 7) is 4.25. The van der Waals surface area contributed by atoms with E-state index < -0.39 is 0 Å². The monoisotopic (exact) mass is 314 g/mol. The second-order valence-electron chi connectivity index (χ2n) is 5.27. The Hall–Kier alpha value is -1.13. The zero-order valence-electron chi connectivity index (χ0n) is 13.2. The van der Waals surface area contributed by atoms with Crippen LogP contribution in [0.25, 0.3) is 0 Å². The first kappa shape index (κ1) is 16.2. The van der Waals surface area contributed by atoms with Gasteiger partial charge >= 0.3 is 0 Å². The molecular formula is C16H23ClO4. The average Bonchev–Trinajstić information content (AvgIpc) is 3.18. The number of benzene rings is 1. The summed E-state index contributed by atoms with van der Waals surface area (Å²) in [5.74, 6) is 2.06. The van der Waals surface area contributed by atoms with Gasteiger partial charge in [0.15, 0.2) is 11.5 Å². The van der Waals surface area contributed by atoms with Crippen LogP contribution in [0.5, 0.6) is 17.2 Å². The largest absolute Gasteiger partial charge is 0.492 e. The van der Waals surface area contributed by atoms with E-state index in [1.54, 1.807) is 21.3 Å². The highest BCUT2D eigenvalue weighted by atomic mass is 35.5. The van der Waals surface area contributed by atoms with E-state index in [-0.39, 0.29) is 0 Å². The zero-order chi connectivity index (χ0) is 15.6. The Morgan fingerprint density at radius 3 is 2.14 bits per heavy atom. The number of methoxy groups -OCH3 is 3. The number of epoxide rings is 1. The molecule has 0 bridgehead atoms. The third kappa shape index (κ3) is 3.22. The molecule has 118 valence electrons. The summed E-state index contributed by atoms with van der Waals surface area (Å²) >= 11 is 6.33. The van der Waals surface area contributed by atoms with Crippen molar-refractivity contribution in [3.63, 3.8) is 0 Å². The van der Waals surface area contributed by atoms with Crippen molar-refractivity contribution in [1.82, 2.24) is 0 Å². The van der Waals surface area contributed by atoms with Gasteiger partial charge in [-0.1, -0.05) is 18.5 Å². The fourth-order valence-electron chi connectivity index (χ4n) is 2.77. The molecule has 4 nitrogen and oxygen atoms in total.